The van der Waals surface area contributed by atoms with Crippen molar-refractivity contribution in [3.8, 4) is 0 Å². The number of ketones is 1. The number of Topliss-reactive ketones (excluding diaryl/α,β-unsaturated/α-hetero) is 1. The maximum absolute atomic E-state index is 12.8. The number of rotatable bonds is 2. The predicted molar refractivity (Wildman–Crippen MR) is 130 cm³/mol. The number of carbonyl (C=O) groups excluding carboxylic acids is 1. The minimum Gasteiger partial charge on any atom is -0.393 e. The van der Waals surface area contributed by atoms with Crippen LogP contribution in [0.15, 0.2) is 0 Å². The second-order valence-electron chi connectivity index (χ2n) is 14.6. The number of carbonyl (C=O) groups is 1. The summed E-state index contributed by atoms with van der Waals surface area (Å²) in [7, 11) is 0. The van der Waals surface area contributed by atoms with Crippen molar-refractivity contribution in [3.63, 3.8) is 0 Å². The Bertz CT molecular complexity index is 813. The molecule has 1 aliphatic heterocycles. The monoisotopic (exact) mass is 460 g/mol. The third-order valence-corrected chi connectivity index (χ3v) is 12.1. The number of hydrogen-bond donors (Lipinski definition) is 2. The summed E-state index contributed by atoms with van der Waals surface area (Å²) >= 11 is 0. The van der Waals surface area contributed by atoms with Crippen LogP contribution in [0.5, 0.6) is 0 Å². The van der Waals surface area contributed by atoms with Crippen molar-refractivity contribution >= 4 is 5.78 Å². The Morgan fingerprint density at radius 2 is 1.58 bits per heavy atom. The van der Waals surface area contributed by atoms with Crippen molar-refractivity contribution in [1.82, 2.24) is 0 Å². The highest BCUT2D eigenvalue weighted by Crippen LogP contribution is 2.71. The fourth-order valence-corrected chi connectivity index (χ4v) is 10.6. The highest BCUT2D eigenvalue weighted by Gasteiger charge is 2.68. The first-order valence-electron chi connectivity index (χ1n) is 13.8. The highest BCUT2D eigenvalue weighted by atomic mass is 16.5. The SMILES string of the molecule is CC(C)(O)[C@H]1CC[C@@](C)([C@H]2CC[C@@H]3[C@@H]2C[C@@H](O)[C@H]2[C@@]3(C)CC[C@H]3C(C)(C)C(=O)CC[C@]23C)O1. The van der Waals surface area contributed by atoms with Gasteiger partial charge in [-0.2, -0.15) is 0 Å². The quantitative estimate of drug-likeness (QED) is 0.569. The number of hydrogen-bond acceptors (Lipinski definition) is 4. The molecule has 4 nitrogen and oxygen atoms in total. The van der Waals surface area contributed by atoms with Crippen molar-refractivity contribution in [1.29, 1.82) is 0 Å². The molecule has 33 heavy (non-hydrogen) atoms. The van der Waals surface area contributed by atoms with Crippen molar-refractivity contribution in [2.75, 3.05) is 0 Å². The Balaban J connectivity index is 1.44. The van der Waals surface area contributed by atoms with E-state index in [-0.39, 0.29) is 40.0 Å². The van der Waals surface area contributed by atoms with Gasteiger partial charge in [0.05, 0.1) is 23.4 Å². The van der Waals surface area contributed by atoms with Gasteiger partial charge in [0, 0.05) is 11.8 Å². The zero-order chi connectivity index (χ0) is 24.2. The lowest BCUT2D eigenvalue weighted by Gasteiger charge is -2.67. The van der Waals surface area contributed by atoms with Gasteiger partial charge in [0.2, 0.25) is 0 Å². The lowest BCUT2D eigenvalue weighted by atomic mass is 9.38. The van der Waals surface area contributed by atoms with Gasteiger partial charge in [-0.05, 0) is 113 Å². The second kappa shape index (κ2) is 7.29. The Hall–Kier alpha value is -0.450. The van der Waals surface area contributed by atoms with Gasteiger partial charge < -0.3 is 14.9 Å². The highest BCUT2D eigenvalue weighted by molar-refractivity contribution is 5.85. The molecule has 0 aromatic heterocycles. The third kappa shape index (κ3) is 3.29. The van der Waals surface area contributed by atoms with E-state index in [1.54, 1.807) is 0 Å². The fourth-order valence-electron chi connectivity index (χ4n) is 10.6. The van der Waals surface area contributed by atoms with Gasteiger partial charge in [-0.15, -0.1) is 0 Å². The third-order valence-electron chi connectivity index (χ3n) is 12.1. The van der Waals surface area contributed by atoms with Gasteiger partial charge in [0.15, 0.2) is 0 Å². The molecule has 0 spiro atoms. The van der Waals surface area contributed by atoms with E-state index >= 15 is 0 Å². The first kappa shape index (κ1) is 24.3. The molecule has 5 aliphatic rings. The van der Waals surface area contributed by atoms with Crippen LogP contribution in [0.2, 0.25) is 0 Å². The van der Waals surface area contributed by atoms with Crippen LogP contribution < -0.4 is 0 Å². The summed E-state index contributed by atoms with van der Waals surface area (Å²) in [6, 6.07) is 0. The molecule has 4 saturated carbocycles. The van der Waals surface area contributed by atoms with Crippen LogP contribution >= 0.6 is 0 Å². The van der Waals surface area contributed by atoms with E-state index in [9.17, 15) is 15.0 Å². The van der Waals surface area contributed by atoms with Crippen molar-refractivity contribution in [2.24, 2.45) is 45.8 Å². The molecular weight excluding hydrogens is 412 g/mol. The molecule has 0 bridgehead atoms. The van der Waals surface area contributed by atoms with E-state index in [0.717, 1.165) is 38.5 Å². The van der Waals surface area contributed by atoms with Crippen LogP contribution in [0.4, 0.5) is 0 Å². The molecule has 4 heteroatoms. The van der Waals surface area contributed by atoms with Crippen LogP contribution in [0.25, 0.3) is 0 Å². The number of fused-ring (bicyclic) bond motifs is 5. The van der Waals surface area contributed by atoms with Crippen LogP contribution in [0.3, 0.4) is 0 Å². The lowest BCUT2D eigenvalue weighted by Crippen LogP contribution is -2.64. The predicted octanol–water partition coefficient (Wildman–Crippen LogP) is 5.53. The van der Waals surface area contributed by atoms with Gasteiger partial charge in [-0.1, -0.05) is 27.7 Å². The molecule has 5 fully saturated rings. The summed E-state index contributed by atoms with van der Waals surface area (Å²) in [6.07, 6.45) is 8.62. The van der Waals surface area contributed by atoms with E-state index in [4.69, 9.17) is 4.74 Å². The van der Waals surface area contributed by atoms with Crippen molar-refractivity contribution in [3.05, 3.63) is 0 Å². The van der Waals surface area contributed by atoms with Crippen molar-refractivity contribution < 1.29 is 19.7 Å². The van der Waals surface area contributed by atoms with Gasteiger partial charge in [0.25, 0.3) is 0 Å². The van der Waals surface area contributed by atoms with Crippen LogP contribution in [-0.2, 0) is 9.53 Å². The summed E-state index contributed by atoms with van der Waals surface area (Å²) in [5.41, 5.74) is -1.12. The minimum atomic E-state index is -0.808. The van der Waals surface area contributed by atoms with Crippen molar-refractivity contribution in [2.45, 2.75) is 130 Å². The van der Waals surface area contributed by atoms with Crippen LogP contribution in [0.1, 0.15) is 106 Å². The number of ether oxygens (including phenoxy) is 1. The standard InChI is InChI=1S/C29H48O4/c1-25(2)21-10-13-27(5)18-8-9-19(29(7)15-12-23(33-29)26(3,4)32)17(18)16-20(30)24(27)28(21,6)14-11-22(25)31/h17-21,23-24,30,32H,8-16H2,1-7H3/t17-,18+,19-,20+,21-,23+,24-,27-,28-,29-/m0/s1. The van der Waals surface area contributed by atoms with E-state index in [0.29, 0.717) is 35.9 Å². The fraction of sp³-hybridized carbons (Fsp3) is 0.966. The zero-order valence-corrected chi connectivity index (χ0v) is 22.1. The van der Waals surface area contributed by atoms with Crippen LogP contribution in [0, 0.1) is 45.8 Å². The first-order chi connectivity index (χ1) is 15.1. The number of aliphatic hydroxyl groups excluding tert-OH is 1. The maximum atomic E-state index is 12.8. The molecular formula is C29H48O4. The Kier molecular flexibility index (Phi) is 5.36. The Labute approximate surface area is 201 Å². The molecule has 10 atom stereocenters. The largest absolute Gasteiger partial charge is 0.393 e. The normalized spacial score (nSPS) is 54.0. The summed E-state index contributed by atoms with van der Waals surface area (Å²) in [6.45, 7) is 15.3. The maximum Gasteiger partial charge on any atom is 0.138 e. The van der Waals surface area contributed by atoms with Gasteiger partial charge in [0.1, 0.15) is 5.78 Å². The molecule has 2 N–H and O–H groups in total. The van der Waals surface area contributed by atoms with E-state index < -0.39 is 5.60 Å². The molecule has 0 aromatic rings. The zero-order valence-electron chi connectivity index (χ0n) is 22.1. The molecule has 0 unspecified atom stereocenters. The molecule has 5 rings (SSSR count). The topological polar surface area (TPSA) is 66.8 Å². The molecule has 0 aromatic carbocycles. The van der Waals surface area contributed by atoms with E-state index in [2.05, 4.69) is 34.6 Å². The first-order valence-corrected chi connectivity index (χ1v) is 13.8. The van der Waals surface area contributed by atoms with Gasteiger partial charge in [-0.3, -0.25) is 4.79 Å². The summed E-state index contributed by atoms with van der Waals surface area (Å²) in [4.78, 5) is 12.8. The average Bonchev–Trinajstić information content (AvgIpc) is 3.30. The Morgan fingerprint density at radius 3 is 2.21 bits per heavy atom. The van der Waals surface area contributed by atoms with Crippen LogP contribution in [-0.4, -0.2) is 39.4 Å². The minimum absolute atomic E-state index is 0.0344. The molecule has 0 amide bonds. The number of aliphatic hydroxyl groups is 2. The summed E-state index contributed by atoms with van der Waals surface area (Å²) in [5.74, 6) is 2.64. The van der Waals surface area contributed by atoms with E-state index in [1.807, 2.05) is 13.8 Å². The Morgan fingerprint density at radius 1 is 0.909 bits per heavy atom. The van der Waals surface area contributed by atoms with Gasteiger partial charge in [-0.25, -0.2) is 0 Å². The molecule has 4 aliphatic carbocycles. The lowest BCUT2D eigenvalue weighted by molar-refractivity contribution is -0.217. The molecule has 1 heterocycles. The van der Waals surface area contributed by atoms with E-state index in [1.165, 1.54) is 12.8 Å². The molecule has 0 radical (unpaired) electrons. The molecule has 188 valence electrons. The smallest absolute Gasteiger partial charge is 0.138 e. The van der Waals surface area contributed by atoms with Gasteiger partial charge >= 0.3 is 0 Å². The second-order valence-corrected chi connectivity index (χ2v) is 14.6. The average molecular weight is 461 g/mol. The summed E-state index contributed by atoms with van der Waals surface area (Å²) in [5, 5.41) is 22.4. The molecule has 1 saturated heterocycles. The summed E-state index contributed by atoms with van der Waals surface area (Å²) < 4.78 is 6.63.